The smallest absolute Gasteiger partial charge is 0.321 e. The zero-order valence-corrected chi connectivity index (χ0v) is 15.7. The number of carbonyl (C=O) groups excluding carboxylic acids is 1. The lowest BCUT2D eigenvalue weighted by Gasteiger charge is -2.40. The van der Waals surface area contributed by atoms with Gasteiger partial charge in [-0.25, -0.2) is 4.79 Å². The maximum Gasteiger partial charge on any atom is 0.321 e. The van der Waals surface area contributed by atoms with Crippen molar-refractivity contribution in [3.63, 3.8) is 0 Å². The summed E-state index contributed by atoms with van der Waals surface area (Å²) in [5, 5.41) is 5.84. The first kappa shape index (κ1) is 16.9. The monoisotopic (exact) mass is 375 g/mol. The van der Waals surface area contributed by atoms with Crippen LogP contribution in [-0.4, -0.2) is 41.5 Å². The maximum atomic E-state index is 12.4. The molecule has 1 aromatic carbocycles. The van der Waals surface area contributed by atoms with E-state index in [0.29, 0.717) is 11.1 Å². The number of carbonyl (C=O) groups is 1. The predicted octanol–water partition coefficient (Wildman–Crippen LogP) is 4.46. The number of fused-ring (bicyclic) bond motifs is 1. The van der Waals surface area contributed by atoms with Gasteiger partial charge in [0.15, 0.2) is 0 Å². The summed E-state index contributed by atoms with van der Waals surface area (Å²) < 4.78 is 0. The van der Waals surface area contributed by atoms with Crippen molar-refractivity contribution in [2.24, 2.45) is 0 Å². The van der Waals surface area contributed by atoms with Crippen LogP contribution in [0.4, 0.5) is 10.5 Å². The van der Waals surface area contributed by atoms with Gasteiger partial charge in [-0.15, -0.1) is 11.3 Å². The van der Waals surface area contributed by atoms with Gasteiger partial charge in [0.05, 0.1) is 0 Å². The first-order valence-electron chi connectivity index (χ1n) is 8.80. The second kappa shape index (κ2) is 7.36. The van der Waals surface area contributed by atoms with Gasteiger partial charge in [0.25, 0.3) is 0 Å². The molecule has 0 atom stereocenters. The molecule has 1 aromatic heterocycles. The van der Waals surface area contributed by atoms with Crippen LogP contribution in [0.2, 0.25) is 5.02 Å². The van der Waals surface area contributed by atoms with Crippen molar-refractivity contribution in [3.05, 3.63) is 51.2 Å². The van der Waals surface area contributed by atoms with Crippen LogP contribution in [-0.2, 0) is 13.0 Å². The second-order valence-corrected chi connectivity index (χ2v) is 8.18. The molecule has 1 saturated heterocycles. The van der Waals surface area contributed by atoms with Crippen molar-refractivity contribution in [2.45, 2.75) is 31.8 Å². The van der Waals surface area contributed by atoms with Crippen molar-refractivity contribution < 1.29 is 4.79 Å². The van der Waals surface area contributed by atoms with Crippen molar-refractivity contribution in [2.75, 3.05) is 25.0 Å². The molecule has 0 saturated carbocycles. The van der Waals surface area contributed by atoms with E-state index in [-0.39, 0.29) is 6.03 Å². The molecule has 3 heterocycles. The third-order valence-corrected chi connectivity index (χ3v) is 6.48. The standard InChI is InChI=1S/C19H22ClN3OS/c20-15-1-3-16(4-2-15)21-19(24)22-9-5-17(6-10-22)23-11-7-18-14(13-23)8-12-25-18/h1-4,8,12,17H,5-7,9-11,13H2,(H,21,24). The SMILES string of the molecule is O=C(Nc1ccc(Cl)cc1)N1CCC(N2CCc3sccc3C2)CC1. The molecule has 0 radical (unpaired) electrons. The van der Waals surface area contributed by atoms with E-state index >= 15 is 0 Å². The van der Waals surface area contributed by atoms with Crippen LogP contribution >= 0.6 is 22.9 Å². The molecule has 2 aliphatic rings. The fraction of sp³-hybridized carbons (Fsp3) is 0.421. The molecule has 0 spiro atoms. The molecule has 132 valence electrons. The van der Waals surface area contributed by atoms with Gasteiger partial charge < -0.3 is 10.2 Å². The molecule has 0 bridgehead atoms. The Kier molecular flexibility index (Phi) is 4.97. The molecule has 4 rings (SSSR count). The summed E-state index contributed by atoms with van der Waals surface area (Å²) in [6, 6.07) is 10.1. The largest absolute Gasteiger partial charge is 0.324 e. The van der Waals surface area contributed by atoms with Crippen LogP contribution in [0.5, 0.6) is 0 Å². The molecule has 0 unspecified atom stereocenters. The number of amides is 2. The number of urea groups is 1. The average molecular weight is 376 g/mol. The zero-order chi connectivity index (χ0) is 17.2. The molecule has 0 aliphatic carbocycles. The van der Waals surface area contributed by atoms with E-state index in [4.69, 9.17) is 11.6 Å². The number of hydrogen-bond acceptors (Lipinski definition) is 3. The van der Waals surface area contributed by atoms with Gasteiger partial charge in [0.1, 0.15) is 0 Å². The topological polar surface area (TPSA) is 35.6 Å². The summed E-state index contributed by atoms with van der Waals surface area (Å²) in [7, 11) is 0. The Morgan fingerprint density at radius 3 is 2.64 bits per heavy atom. The number of halogens is 1. The van der Waals surface area contributed by atoms with E-state index in [1.165, 1.54) is 12.0 Å². The van der Waals surface area contributed by atoms with Crippen LogP contribution < -0.4 is 5.32 Å². The number of rotatable bonds is 2. The first-order chi connectivity index (χ1) is 12.2. The Balaban J connectivity index is 1.29. The van der Waals surface area contributed by atoms with Gasteiger partial charge in [-0.3, -0.25) is 4.90 Å². The highest BCUT2D eigenvalue weighted by Crippen LogP contribution is 2.28. The summed E-state index contributed by atoms with van der Waals surface area (Å²) in [4.78, 5) is 18.5. The van der Waals surface area contributed by atoms with Crippen LogP contribution in [0, 0.1) is 0 Å². The Hall–Kier alpha value is -1.56. The van der Waals surface area contributed by atoms with Crippen molar-refractivity contribution >= 4 is 34.7 Å². The average Bonchev–Trinajstić information content (AvgIpc) is 3.11. The highest BCUT2D eigenvalue weighted by atomic mass is 35.5. The van der Waals surface area contributed by atoms with E-state index < -0.39 is 0 Å². The molecule has 1 N–H and O–H groups in total. The van der Waals surface area contributed by atoms with Gasteiger partial charge in [-0.2, -0.15) is 0 Å². The van der Waals surface area contributed by atoms with Crippen LogP contribution in [0.1, 0.15) is 23.3 Å². The zero-order valence-electron chi connectivity index (χ0n) is 14.1. The number of hydrogen-bond donors (Lipinski definition) is 1. The van der Waals surface area contributed by atoms with Gasteiger partial charge >= 0.3 is 6.03 Å². The summed E-state index contributed by atoms with van der Waals surface area (Å²) >= 11 is 7.77. The minimum Gasteiger partial charge on any atom is -0.324 e. The maximum absolute atomic E-state index is 12.4. The predicted molar refractivity (Wildman–Crippen MR) is 103 cm³/mol. The lowest BCUT2D eigenvalue weighted by molar-refractivity contribution is 0.111. The quantitative estimate of drug-likeness (QED) is 0.841. The molecular formula is C19H22ClN3OS. The molecule has 6 heteroatoms. The molecule has 25 heavy (non-hydrogen) atoms. The van der Waals surface area contributed by atoms with Crippen molar-refractivity contribution in [1.82, 2.24) is 9.80 Å². The number of piperidine rings is 1. The van der Waals surface area contributed by atoms with Crippen LogP contribution in [0.3, 0.4) is 0 Å². The molecule has 1 fully saturated rings. The fourth-order valence-corrected chi connectivity index (χ4v) is 4.77. The Bertz CT molecular complexity index is 737. The Morgan fingerprint density at radius 2 is 1.88 bits per heavy atom. The minimum absolute atomic E-state index is 0.0143. The van der Waals surface area contributed by atoms with Gasteiger partial charge in [-0.05, 0) is 60.5 Å². The van der Waals surface area contributed by atoms with Crippen LogP contribution in [0.15, 0.2) is 35.7 Å². The summed E-state index contributed by atoms with van der Waals surface area (Å²) in [5.41, 5.74) is 2.29. The van der Waals surface area contributed by atoms with E-state index in [9.17, 15) is 4.79 Å². The van der Waals surface area contributed by atoms with E-state index in [1.54, 1.807) is 17.0 Å². The molecule has 4 nitrogen and oxygen atoms in total. The molecule has 2 aromatic rings. The van der Waals surface area contributed by atoms with Gasteiger partial charge in [-0.1, -0.05) is 11.6 Å². The summed E-state index contributed by atoms with van der Waals surface area (Å²) in [5.74, 6) is 0. The number of nitrogens with zero attached hydrogens (tertiary/aromatic N) is 2. The lowest BCUT2D eigenvalue weighted by Crippen LogP contribution is -2.48. The first-order valence-corrected chi connectivity index (χ1v) is 10.1. The number of anilines is 1. The third-order valence-electron chi connectivity index (χ3n) is 5.20. The van der Waals surface area contributed by atoms with Crippen molar-refractivity contribution in [3.8, 4) is 0 Å². The Labute approximate surface area is 157 Å². The van der Waals surface area contributed by atoms with E-state index in [0.717, 1.165) is 44.7 Å². The lowest BCUT2D eigenvalue weighted by atomic mass is 10.00. The number of benzene rings is 1. The summed E-state index contributed by atoms with van der Waals surface area (Å²) in [6.45, 7) is 3.85. The van der Waals surface area contributed by atoms with E-state index in [1.807, 2.05) is 28.4 Å². The molecular weight excluding hydrogens is 354 g/mol. The minimum atomic E-state index is -0.0143. The number of thiophene rings is 1. The Morgan fingerprint density at radius 1 is 1.12 bits per heavy atom. The van der Waals surface area contributed by atoms with Crippen LogP contribution in [0.25, 0.3) is 0 Å². The van der Waals surface area contributed by atoms with Crippen molar-refractivity contribution in [1.29, 1.82) is 0 Å². The highest BCUT2D eigenvalue weighted by Gasteiger charge is 2.29. The normalized spacial score (nSPS) is 18.8. The van der Waals surface area contributed by atoms with Gasteiger partial charge in [0, 0.05) is 47.8 Å². The summed E-state index contributed by atoms with van der Waals surface area (Å²) in [6.07, 6.45) is 3.27. The second-order valence-electron chi connectivity index (χ2n) is 6.74. The van der Waals surface area contributed by atoms with E-state index in [2.05, 4.69) is 21.7 Å². The number of likely N-dealkylation sites (tertiary alicyclic amines) is 1. The molecule has 2 amide bonds. The third kappa shape index (κ3) is 3.84. The molecule has 2 aliphatic heterocycles. The number of nitrogens with one attached hydrogen (secondary N) is 1. The fourth-order valence-electron chi connectivity index (χ4n) is 3.75. The highest BCUT2D eigenvalue weighted by molar-refractivity contribution is 7.10. The van der Waals surface area contributed by atoms with Gasteiger partial charge in [0.2, 0.25) is 0 Å².